The molecular formula is C22H27IN2O. The van der Waals surface area contributed by atoms with Crippen LogP contribution in [0.2, 0.25) is 0 Å². The van der Waals surface area contributed by atoms with E-state index in [4.69, 9.17) is 0 Å². The predicted octanol–water partition coefficient (Wildman–Crippen LogP) is 0.786. The van der Waals surface area contributed by atoms with E-state index in [1.807, 2.05) is 0 Å². The minimum Gasteiger partial charge on any atom is -1.00 e. The van der Waals surface area contributed by atoms with Crippen molar-refractivity contribution in [2.45, 2.75) is 44.6 Å². The van der Waals surface area contributed by atoms with Gasteiger partial charge in [-0.05, 0) is 30.5 Å². The van der Waals surface area contributed by atoms with Gasteiger partial charge in [-0.25, -0.2) is 0 Å². The number of nitrogens with one attached hydrogen (secondary N) is 1. The number of anilines is 1. The second-order valence-electron chi connectivity index (χ2n) is 8.33. The molecule has 138 valence electrons. The lowest BCUT2D eigenvalue weighted by atomic mass is 9.61. The largest absolute Gasteiger partial charge is 1.00 e. The fourth-order valence-electron chi connectivity index (χ4n) is 6.68. The summed E-state index contributed by atoms with van der Waals surface area (Å²) in [4.78, 5) is 12.2. The van der Waals surface area contributed by atoms with Crippen LogP contribution >= 0.6 is 0 Å². The molecule has 2 bridgehead atoms. The molecule has 2 saturated heterocycles. The third-order valence-corrected chi connectivity index (χ3v) is 7.53. The standard InChI is InChI=1S/C22H26N2O.HI/c1-3-10-24-11-9-22-18-7-5-6-8-19(18)23-21(22)17(14-25)16(12-20(22)24)15(4-2)13-24;/h4-8,14,16,20H,3,9-13H2,1-2H3;1H/b15-4+;/t16-,20-,22+,24?;/m0./s1. The van der Waals surface area contributed by atoms with Crippen molar-refractivity contribution in [2.75, 3.05) is 25.0 Å². The normalized spacial score (nSPS) is 37.7. The van der Waals surface area contributed by atoms with Crippen molar-refractivity contribution in [1.29, 1.82) is 0 Å². The number of carbonyl (C=O) groups is 1. The molecule has 3 aliphatic heterocycles. The first-order valence-electron chi connectivity index (χ1n) is 9.77. The number of fused-ring (bicyclic) bond motifs is 2. The van der Waals surface area contributed by atoms with Crippen LogP contribution in [0.1, 0.15) is 38.7 Å². The molecule has 4 heteroatoms. The number of aldehydes is 1. The van der Waals surface area contributed by atoms with Gasteiger partial charge in [-0.2, -0.15) is 0 Å². The lowest BCUT2D eigenvalue weighted by Crippen LogP contribution is -3.00. The fourth-order valence-corrected chi connectivity index (χ4v) is 6.68. The first kappa shape index (κ1) is 18.2. The van der Waals surface area contributed by atoms with Crippen LogP contribution in [-0.4, -0.2) is 36.4 Å². The topological polar surface area (TPSA) is 29.1 Å². The van der Waals surface area contributed by atoms with Crippen molar-refractivity contribution in [3.63, 3.8) is 0 Å². The molecule has 3 heterocycles. The van der Waals surface area contributed by atoms with Crippen molar-refractivity contribution in [3.05, 3.63) is 52.7 Å². The average Bonchev–Trinajstić information content (AvgIpc) is 3.16. The van der Waals surface area contributed by atoms with Crippen molar-refractivity contribution >= 4 is 12.0 Å². The molecule has 0 radical (unpaired) electrons. The van der Waals surface area contributed by atoms with E-state index < -0.39 is 0 Å². The van der Waals surface area contributed by atoms with Gasteiger partial charge in [0.05, 0.1) is 18.5 Å². The predicted molar refractivity (Wildman–Crippen MR) is 100 cm³/mol. The maximum absolute atomic E-state index is 12.2. The number of hydrogen-bond acceptors (Lipinski definition) is 2. The number of quaternary nitrogens is 1. The number of rotatable bonds is 3. The Labute approximate surface area is 173 Å². The zero-order valence-electron chi connectivity index (χ0n) is 15.6. The Morgan fingerprint density at radius 2 is 2.15 bits per heavy atom. The van der Waals surface area contributed by atoms with Gasteiger partial charge in [-0.15, -0.1) is 0 Å². The number of nitrogens with zero attached hydrogens (tertiary/aromatic N) is 1. The molecule has 4 atom stereocenters. The molecule has 1 unspecified atom stereocenters. The minimum atomic E-state index is 0. The van der Waals surface area contributed by atoms with E-state index in [9.17, 15) is 4.79 Å². The van der Waals surface area contributed by atoms with Gasteiger partial charge in [0.15, 0.2) is 0 Å². The summed E-state index contributed by atoms with van der Waals surface area (Å²) >= 11 is 0. The van der Waals surface area contributed by atoms with Gasteiger partial charge in [0.2, 0.25) is 0 Å². The highest BCUT2D eigenvalue weighted by Crippen LogP contribution is 2.63. The molecule has 0 saturated carbocycles. The molecule has 4 aliphatic rings. The Bertz CT molecular complexity index is 829. The van der Waals surface area contributed by atoms with E-state index in [1.165, 1.54) is 46.5 Å². The number of hydrogen-bond donors (Lipinski definition) is 1. The Kier molecular flexibility index (Phi) is 4.35. The second kappa shape index (κ2) is 6.20. The molecule has 5 rings (SSSR count). The zero-order chi connectivity index (χ0) is 17.2. The van der Waals surface area contributed by atoms with E-state index in [2.05, 4.69) is 49.5 Å². The molecule has 1 aliphatic carbocycles. The highest BCUT2D eigenvalue weighted by Gasteiger charge is 2.68. The van der Waals surface area contributed by atoms with E-state index in [1.54, 1.807) is 0 Å². The van der Waals surface area contributed by atoms with Crippen molar-refractivity contribution in [2.24, 2.45) is 5.92 Å². The van der Waals surface area contributed by atoms with Gasteiger partial charge < -0.3 is 33.8 Å². The number of benzene rings is 1. The van der Waals surface area contributed by atoms with Crippen molar-refractivity contribution in [3.8, 4) is 0 Å². The van der Waals surface area contributed by atoms with Crippen LogP contribution in [-0.2, 0) is 10.2 Å². The highest BCUT2D eigenvalue weighted by molar-refractivity contribution is 5.84. The zero-order valence-corrected chi connectivity index (χ0v) is 17.8. The third-order valence-electron chi connectivity index (χ3n) is 7.53. The molecule has 0 aromatic heterocycles. The van der Waals surface area contributed by atoms with E-state index in [-0.39, 0.29) is 29.4 Å². The van der Waals surface area contributed by atoms with Gasteiger partial charge >= 0.3 is 0 Å². The Morgan fingerprint density at radius 3 is 2.88 bits per heavy atom. The summed E-state index contributed by atoms with van der Waals surface area (Å²) in [6.45, 7) is 8.08. The van der Waals surface area contributed by atoms with Crippen molar-refractivity contribution < 1.29 is 33.3 Å². The van der Waals surface area contributed by atoms with Gasteiger partial charge in [0.25, 0.3) is 0 Å². The molecule has 1 aromatic rings. The summed E-state index contributed by atoms with van der Waals surface area (Å²) in [5.74, 6) is 0.318. The number of carbonyl (C=O) groups excluding carboxylic acids is 1. The Hall–Kier alpha value is -1.14. The van der Waals surface area contributed by atoms with Crippen LogP contribution < -0.4 is 29.3 Å². The quantitative estimate of drug-likeness (QED) is 0.312. The maximum atomic E-state index is 12.2. The van der Waals surface area contributed by atoms with Gasteiger partial charge in [-0.3, -0.25) is 4.79 Å². The minimum absolute atomic E-state index is 0. The summed E-state index contributed by atoms with van der Waals surface area (Å²) in [6.07, 6.45) is 6.96. The molecule has 1 aromatic carbocycles. The lowest BCUT2D eigenvalue weighted by molar-refractivity contribution is -0.941. The van der Waals surface area contributed by atoms with Crippen LogP contribution in [0.4, 0.5) is 5.69 Å². The van der Waals surface area contributed by atoms with Crippen molar-refractivity contribution in [1.82, 2.24) is 0 Å². The molecular weight excluding hydrogens is 435 g/mol. The summed E-state index contributed by atoms with van der Waals surface area (Å²) in [5.41, 5.74) is 6.44. The molecule has 3 nitrogen and oxygen atoms in total. The van der Waals surface area contributed by atoms with E-state index in [0.717, 1.165) is 31.2 Å². The molecule has 2 fully saturated rings. The monoisotopic (exact) mass is 462 g/mol. The Morgan fingerprint density at radius 1 is 1.35 bits per heavy atom. The number of para-hydroxylation sites is 1. The molecule has 26 heavy (non-hydrogen) atoms. The van der Waals surface area contributed by atoms with Crippen LogP contribution in [0, 0.1) is 5.92 Å². The number of piperidine rings is 1. The lowest BCUT2D eigenvalue weighted by Gasteiger charge is -2.53. The first-order valence-corrected chi connectivity index (χ1v) is 9.77. The van der Waals surface area contributed by atoms with Gasteiger partial charge in [0, 0.05) is 35.7 Å². The fraction of sp³-hybridized carbons (Fsp3) is 0.500. The summed E-state index contributed by atoms with van der Waals surface area (Å²) < 4.78 is 1.22. The summed E-state index contributed by atoms with van der Waals surface area (Å²) in [7, 11) is 0. The Balaban J connectivity index is 0.00000168. The number of halogens is 1. The SMILES string of the molecule is C/C=C1\C[N+]2(CCC)CC[C@]34C(=C(C=O)[C@H]1C[C@@H]32)Nc1ccccc14.[I-]. The molecule has 1 spiro atoms. The van der Waals surface area contributed by atoms with Gasteiger partial charge in [0.1, 0.15) is 18.9 Å². The smallest absolute Gasteiger partial charge is 0.148 e. The summed E-state index contributed by atoms with van der Waals surface area (Å²) in [6, 6.07) is 9.36. The molecule has 1 N–H and O–H groups in total. The average molecular weight is 462 g/mol. The third kappa shape index (κ3) is 2.00. The van der Waals surface area contributed by atoms with Crippen LogP contribution in [0.15, 0.2) is 47.2 Å². The van der Waals surface area contributed by atoms with Gasteiger partial charge in [-0.1, -0.05) is 31.2 Å². The highest BCUT2D eigenvalue weighted by atomic mass is 127. The van der Waals surface area contributed by atoms with E-state index >= 15 is 0 Å². The maximum Gasteiger partial charge on any atom is 0.148 e. The van der Waals surface area contributed by atoms with Crippen LogP contribution in [0.25, 0.3) is 0 Å². The first-order chi connectivity index (χ1) is 12.2. The molecule has 0 amide bonds. The second-order valence-corrected chi connectivity index (χ2v) is 8.33. The summed E-state index contributed by atoms with van der Waals surface area (Å²) in [5, 5.41) is 3.70. The number of allylic oxidation sites excluding steroid dienone is 2. The van der Waals surface area contributed by atoms with E-state index in [0.29, 0.717) is 12.0 Å². The van der Waals surface area contributed by atoms with Crippen LogP contribution in [0.5, 0.6) is 0 Å². The van der Waals surface area contributed by atoms with Crippen LogP contribution in [0.3, 0.4) is 0 Å².